The second-order valence-electron chi connectivity index (χ2n) is 6.24. The van der Waals surface area contributed by atoms with E-state index in [0.717, 1.165) is 10.9 Å². The zero-order chi connectivity index (χ0) is 18.5. The van der Waals surface area contributed by atoms with E-state index in [2.05, 4.69) is 21.2 Å². The van der Waals surface area contributed by atoms with Crippen molar-refractivity contribution in [2.45, 2.75) is 18.9 Å². The fraction of sp³-hybridized carbons (Fsp3) is 0.250. The van der Waals surface area contributed by atoms with Crippen molar-refractivity contribution in [3.63, 3.8) is 0 Å². The molecule has 2 aromatic rings. The lowest BCUT2D eigenvalue weighted by atomic mass is 10.1. The summed E-state index contributed by atoms with van der Waals surface area (Å²) < 4.78 is 0.909. The van der Waals surface area contributed by atoms with Crippen molar-refractivity contribution in [2.75, 3.05) is 13.1 Å². The predicted molar refractivity (Wildman–Crippen MR) is 102 cm³/mol. The summed E-state index contributed by atoms with van der Waals surface area (Å²) in [7, 11) is 0. The molecule has 0 aliphatic carbocycles. The number of nitrogens with one attached hydrogen (secondary N) is 1. The summed E-state index contributed by atoms with van der Waals surface area (Å²) in [5.41, 5.74) is 1.05. The van der Waals surface area contributed by atoms with Crippen molar-refractivity contribution >= 4 is 33.5 Å². The third-order valence-corrected chi connectivity index (χ3v) is 4.98. The van der Waals surface area contributed by atoms with E-state index >= 15 is 0 Å². The SMILES string of the molecule is O=C(CN1CCC[C@H]1C(=O)NC(=O)c1ccccc1)c1ccc(Br)cc1. The molecular formula is C20H19BrN2O3. The number of carbonyl (C=O) groups is 3. The third-order valence-electron chi connectivity index (χ3n) is 4.45. The topological polar surface area (TPSA) is 66.5 Å². The predicted octanol–water partition coefficient (Wildman–Crippen LogP) is 3.05. The van der Waals surface area contributed by atoms with Gasteiger partial charge < -0.3 is 0 Å². The van der Waals surface area contributed by atoms with Gasteiger partial charge in [-0.05, 0) is 43.7 Å². The van der Waals surface area contributed by atoms with Gasteiger partial charge in [-0.2, -0.15) is 0 Å². The zero-order valence-electron chi connectivity index (χ0n) is 14.2. The highest BCUT2D eigenvalue weighted by molar-refractivity contribution is 9.10. The van der Waals surface area contributed by atoms with Gasteiger partial charge in [-0.25, -0.2) is 0 Å². The first-order valence-electron chi connectivity index (χ1n) is 8.47. The van der Waals surface area contributed by atoms with Crippen LogP contribution in [0.4, 0.5) is 0 Å². The van der Waals surface area contributed by atoms with Crippen LogP contribution in [0.15, 0.2) is 59.1 Å². The molecular weight excluding hydrogens is 396 g/mol. The fourth-order valence-electron chi connectivity index (χ4n) is 3.08. The van der Waals surface area contributed by atoms with Gasteiger partial charge in [0, 0.05) is 15.6 Å². The molecule has 6 heteroatoms. The van der Waals surface area contributed by atoms with E-state index in [1.165, 1.54) is 0 Å². The molecule has 5 nitrogen and oxygen atoms in total. The number of carbonyl (C=O) groups excluding carboxylic acids is 3. The molecule has 1 fully saturated rings. The van der Waals surface area contributed by atoms with E-state index in [-0.39, 0.29) is 18.2 Å². The second-order valence-corrected chi connectivity index (χ2v) is 7.16. The molecule has 1 N–H and O–H groups in total. The maximum Gasteiger partial charge on any atom is 0.257 e. The van der Waals surface area contributed by atoms with E-state index in [1.54, 1.807) is 36.4 Å². The molecule has 1 aliphatic rings. The Hall–Kier alpha value is -2.31. The average Bonchev–Trinajstić information content (AvgIpc) is 3.11. The summed E-state index contributed by atoms with van der Waals surface area (Å²) in [5, 5.41) is 2.45. The molecule has 1 heterocycles. The van der Waals surface area contributed by atoms with Crippen molar-refractivity contribution < 1.29 is 14.4 Å². The maximum absolute atomic E-state index is 12.5. The lowest BCUT2D eigenvalue weighted by Gasteiger charge is -2.22. The molecule has 134 valence electrons. The molecule has 1 saturated heterocycles. The Kier molecular flexibility index (Phi) is 5.96. The molecule has 0 unspecified atom stereocenters. The van der Waals surface area contributed by atoms with Crippen LogP contribution in [-0.2, 0) is 4.79 Å². The third kappa shape index (κ3) is 4.45. The molecule has 0 aromatic heterocycles. The Labute approximate surface area is 160 Å². The van der Waals surface area contributed by atoms with Crippen LogP contribution in [-0.4, -0.2) is 41.6 Å². The number of hydrogen-bond donors (Lipinski definition) is 1. The maximum atomic E-state index is 12.5. The van der Waals surface area contributed by atoms with E-state index in [0.29, 0.717) is 24.1 Å². The highest BCUT2D eigenvalue weighted by atomic mass is 79.9. The molecule has 1 aliphatic heterocycles. The van der Waals surface area contributed by atoms with Gasteiger partial charge in [0.05, 0.1) is 12.6 Å². The summed E-state index contributed by atoms with van der Waals surface area (Å²) in [4.78, 5) is 39.0. The van der Waals surface area contributed by atoms with Crippen LogP contribution >= 0.6 is 15.9 Å². The molecule has 1 atom stereocenters. The molecule has 26 heavy (non-hydrogen) atoms. The smallest absolute Gasteiger partial charge is 0.257 e. The number of Topliss-reactive ketones (excluding diaryl/α,β-unsaturated/α-hetero) is 1. The van der Waals surface area contributed by atoms with Crippen LogP contribution in [0.5, 0.6) is 0 Å². The van der Waals surface area contributed by atoms with Crippen molar-refractivity contribution in [1.29, 1.82) is 0 Å². The molecule has 0 saturated carbocycles. The lowest BCUT2D eigenvalue weighted by molar-refractivity contribution is -0.124. The van der Waals surface area contributed by atoms with Crippen molar-refractivity contribution in [1.82, 2.24) is 10.2 Å². The van der Waals surface area contributed by atoms with E-state index in [1.807, 2.05) is 23.1 Å². The van der Waals surface area contributed by atoms with Crippen molar-refractivity contribution in [2.24, 2.45) is 0 Å². The molecule has 2 aromatic carbocycles. The number of nitrogens with zero attached hydrogens (tertiary/aromatic N) is 1. The van der Waals surface area contributed by atoms with Gasteiger partial charge in [-0.1, -0.05) is 46.3 Å². The number of likely N-dealkylation sites (tertiary alicyclic amines) is 1. The van der Waals surface area contributed by atoms with E-state index in [4.69, 9.17) is 0 Å². The molecule has 0 radical (unpaired) electrons. The van der Waals surface area contributed by atoms with Gasteiger partial charge >= 0.3 is 0 Å². The van der Waals surface area contributed by atoms with Gasteiger partial charge in [-0.3, -0.25) is 24.6 Å². The highest BCUT2D eigenvalue weighted by Gasteiger charge is 2.32. The lowest BCUT2D eigenvalue weighted by Crippen LogP contribution is -2.46. The number of amides is 2. The summed E-state index contributed by atoms with van der Waals surface area (Å²) in [6, 6.07) is 15.3. The van der Waals surface area contributed by atoms with Crippen LogP contribution in [0.2, 0.25) is 0 Å². The minimum Gasteiger partial charge on any atom is -0.293 e. The van der Waals surface area contributed by atoms with Crippen molar-refractivity contribution in [3.8, 4) is 0 Å². The Morgan fingerprint density at radius 3 is 2.38 bits per heavy atom. The number of halogens is 1. The van der Waals surface area contributed by atoms with Gasteiger partial charge in [0.1, 0.15) is 0 Å². The van der Waals surface area contributed by atoms with Gasteiger partial charge in [-0.15, -0.1) is 0 Å². The van der Waals surface area contributed by atoms with Crippen LogP contribution in [0.3, 0.4) is 0 Å². The first kappa shape index (κ1) is 18.5. The first-order valence-corrected chi connectivity index (χ1v) is 9.27. The monoisotopic (exact) mass is 414 g/mol. The summed E-state index contributed by atoms with van der Waals surface area (Å²) >= 11 is 3.35. The Morgan fingerprint density at radius 2 is 1.69 bits per heavy atom. The summed E-state index contributed by atoms with van der Waals surface area (Å²) in [6.45, 7) is 0.832. The number of hydrogen-bond acceptors (Lipinski definition) is 4. The molecule has 0 bridgehead atoms. The van der Waals surface area contributed by atoms with E-state index in [9.17, 15) is 14.4 Å². The van der Waals surface area contributed by atoms with Crippen LogP contribution in [0.1, 0.15) is 33.6 Å². The largest absolute Gasteiger partial charge is 0.293 e. The average molecular weight is 415 g/mol. The normalized spacial score (nSPS) is 17.0. The number of ketones is 1. The standard InChI is InChI=1S/C20H19BrN2O3/c21-16-10-8-14(9-11-16)18(24)13-23-12-4-7-17(23)20(26)22-19(25)15-5-2-1-3-6-15/h1-3,5-6,8-11,17H,4,7,12-13H2,(H,22,25,26)/t17-/m0/s1. The Morgan fingerprint density at radius 1 is 1.00 bits per heavy atom. The van der Waals surface area contributed by atoms with Gasteiger partial charge in [0.15, 0.2) is 5.78 Å². The Balaban J connectivity index is 1.62. The molecule has 2 amide bonds. The van der Waals surface area contributed by atoms with Gasteiger partial charge in [0.2, 0.25) is 5.91 Å². The zero-order valence-corrected chi connectivity index (χ0v) is 15.7. The fourth-order valence-corrected chi connectivity index (χ4v) is 3.35. The Bertz CT molecular complexity index is 806. The minimum atomic E-state index is -0.456. The quantitative estimate of drug-likeness (QED) is 0.602. The number of imide groups is 1. The minimum absolute atomic E-state index is 0.0356. The molecule has 0 spiro atoms. The van der Waals surface area contributed by atoms with Crippen LogP contribution in [0.25, 0.3) is 0 Å². The summed E-state index contributed by atoms with van der Waals surface area (Å²) in [5.74, 6) is -0.798. The molecule has 3 rings (SSSR count). The van der Waals surface area contributed by atoms with Gasteiger partial charge in [0.25, 0.3) is 5.91 Å². The summed E-state index contributed by atoms with van der Waals surface area (Å²) in [6.07, 6.45) is 1.47. The number of benzene rings is 2. The van der Waals surface area contributed by atoms with Crippen LogP contribution in [0, 0.1) is 0 Å². The van der Waals surface area contributed by atoms with E-state index < -0.39 is 11.9 Å². The van der Waals surface area contributed by atoms with Crippen molar-refractivity contribution in [3.05, 3.63) is 70.2 Å². The van der Waals surface area contributed by atoms with Crippen LogP contribution < -0.4 is 5.32 Å². The number of rotatable bonds is 5. The highest BCUT2D eigenvalue weighted by Crippen LogP contribution is 2.19. The second kappa shape index (κ2) is 8.38. The first-order chi connectivity index (χ1) is 12.5.